The van der Waals surface area contributed by atoms with Gasteiger partial charge in [0, 0.05) is 13.0 Å². The molecule has 1 heterocycles. The van der Waals surface area contributed by atoms with E-state index < -0.39 is 6.03 Å². The van der Waals surface area contributed by atoms with E-state index in [-0.39, 0.29) is 0 Å². The number of hydrogen-bond donors (Lipinski definition) is 2. The molecule has 0 unspecified atom stereocenters. The highest BCUT2D eigenvalue weighted by Gasteiger charge is 1.99. The zero-order chi connectivity index (χ0) is 8.97. The van der Waals surface area contributed by atoms with Crippen LogP contribution in [0, 0.1) is 0 Å². The SMILES string of the molecule is NC(=O)NCCc1ccc(Br)o1. The molecule has 0 aliphatic rings. The topological polar surface area (TPSA) is 68.3 Å². The summed E-state index contributed by atoms with van der Waals surface area (Å²) >= 11 is 3.17. The van der Waals surface area contributed by atoms with Crippen molar-refractivity contribution in [2.24, 2.45) is 5.73 Å². The third-order valence-electron chi connectivity index (χ3n) is 1.30. The van der Waals surface area contributed by atoms with Crippen LogP contribution in [0.1, 0.15) is 5.76 Å². The van der Waals surface area contributed by atoms with Gasteiger partial charge in [-0.2, -0.15) is 0 Å². The molecule has 0 saturated carbocycles. The summed E-state index contributed by atoms with van der Waals surface area (Å²) in [5.74, 6) is 0.815. The number of halogens is 1. The Labute approximate surface area is 78.2 Å². The average Bonchev–Trinajstić information content (AvgIpc) is 2.35. The molecule has 0 fully saturated rings. The van der Waals surface area contributed by atoms with E-state index in [0.29, 0.717) is 17.6 Å². The van der Waals surface area contributed by atoms with Crippen LogP contribution in [0.5, 0.6) is 0 Å². The third kappa shape index (κ3) is 2.96. The third-order valence-corrected chi connectivity index (χ3v) is 1.73. The highest BCUT2D eigenvalue weighted by atomic mass is 79.9. The summed E-state index contributed by atoms with van der Waals surface area (Å²) < 4.78 is 5.88. The number of hydrogen-bond acceptors (Lipinski definition) is 2. The van der Waals surface area contributed by atoms with Crippen molar-refractivity contribution in [3.63, 3.8) is 0 Å². The van der Waals surface area contributed by atoms with E-state index in [0.717, 1.165) is 5.76 Å². The summed E-state index contributed by atoms with van der Waals surface area (Å²) in [4.78, 5) is 10.3. The van der Waals surface area contributed by atoms with Gasteiger partial charge in [0.05, 0.1) is 0 Å². The van der Waals surface area contributed by atoms with Gasteiger partial charge >= 0.3 is 6.03 Å². The van der Waals surface area contributed by atoms with E-state index in [2.05, 4.69) is 21.2 Å². The number of nitrogens with two attached hydrogens (primary N) is 1. The first-order valence-corrected chi connectivity index (χ1v) is 4.25. The van der Waals surface area contributed by atoms with Crippen molar-refractivity contribution < 1.29 is 9.21 Å². The van der Waals surface area contributed by atoms with Gasteiger partial charge < -0.3 is 15.5 Å². The summed E-state index contributed by atoms with van der Waals surface area (Å²) in [7, 11) is 0. The van der Waals surface area contributed by atoms with Gasteiger partial charge in [0.15, 0.2) is 4.67 Å². The first-order chi connectivity index (χ1) is 5.68. The Morgan fingerprint density at radius 2 is 2.42 bits per heavy atom. The Morgan fingerprint density at radius 1 is 1.67 bits per heavy atom. The molecule has 0 aliphatic heterocycles. The molecule has 0 atom stereocenters. The molecular weight excluding hydrogens is 224 g/mol. The number of carbonyl (C=O) groups excluding carboxylic acids is 1. The standard InChI is InChI=1S/C7H9BrN2O2/c8-6-2-1-5(12-6)3-4-10-7(9)11/h1-2H,3-4H2,(H3,9,10,11). The molecule has 1 aromatic rings. The van der Waals surface area contributed by atoms with Crippen LogP contribution in [-0.2, 0) is 6.42 Å². The van der Waals surface area contributed by atoms with Crippen LogP contribution in [-0.4, -0.2) is 12.6 Å². The fourth-order valence-corrected chi connectivity index (χ4v) is 1.14. The molecule has 66 valence electrons. The predicted molar refractivity (Wildman–Crippen MR) is 47.7 cm³/mol. The molecule has 5 heteroatoms. The van der Waals surface area contributed by atoms with Crippen LogP contribution in [0.2, 0.25) is 0 Å². The maximum Gasteiger partial charge on any atom is 0.312 e. The number of urea groups is 1. The van der Waals surface area contributed by atoms with Gasteiger partial charge in [0.25, 0.3) is 0 Å². The number of primary amides is 1. The number of furan rings is 1. The second kappa shape index (κ2) is 4.15. The normalized spacial score (nSPS) is 9.75. The van der Waals surface area contributed by atoms with E-state index >= 15 is 0 Å². The van der Waals surface area contributed by atoms with Crippen molar-refractivity contribution in [1.82, 2.24) is 5.32 Å². The largest absolute Gasteiger partial charge is 0.454 e. The Morgan fingerprint density at radius 3 is 2.92 bits per heavy atom. The maximum atomic E-state index is 10.3. The maximum absolute atomic E-state index is 10.3. The van der Waals surface area contributed by atoms with Gasteiger partial charge in [-0.05, 0) is 28.1 Å². The molecule has 0 saturated heterocycles. The van der Waals surface area contributed by atoms with Gasteiger partial charge in [-0.25, -0.2) is 4.79 Å². The fraction of sp³-hybridized carbons (Fsp3) is 0.286. The molecule has 0 radical (unpaired) electrons. The average molecular weight is 233 g/mol. The molecule has 12 heavy (non-hydrogen) atoms. The molecule has 0 aromatic carbocycles. The summed E-state index contributed by atoms with van der Waals surface area (Å²) in [5, 5.41) is 2.47. The molecule has 1 aromatic heterocycles. The first kappa shape index (κ1) is 9.12. The minimum Gasteiger partial charge on any atom is -0.454 e. The van der Waals surface area contributed by atoms with Crippen LogP contribution in [0.25, 0.3) is 0 Å². The van der Waals surface area contributed by atoms with Crippen molar-refractivity contribution in [1.29, 1.82) is 0 Å². The predicted octanol–water partition coefficient (Wildman–Crippen LogP) is 1.25. The molecular formula is C7H9BrN2O2. The van der Waals surface area contributed by atoms with Gasteiger partial charge in [-0.1, -0.05) is 0 Å². The second-order valence-electron chi connectivity index (χ2n) is 2.25. The van der Waals surface area contributed by atoms with Crippen molar-refractivity contribution in [3.8, 4) is 0 Å². The second-order valence-corrected chi connectivity index (χ2v) is 3.03. The van der Waals surface area contributed by atoms with Crippen molar-refractivity contribution >= 4 is 22.0 Å². The van der Waals surface area contributed by atoms with Crippen molar-refractivity contribution in [2.75, 3.05) is 6.54 Å². The van der Waals surface area contributed by atoms with Gasteiger partial charge in [-0.3, -0.25) is 0 Å². The smallest absolute Gasteiger partial charge is 0.312 e. The zero-order valence-electron chi connectivity index (χ0n) is 6.34. The number of nitrogens with one attached hydrogen (secondary N) is 1. The van der Waals surface area contributed by atoms with Gasteiger partial charge in [-0.15, -0.1) is 0 Å². The highest BCUT2D eigenvalue weighted by molar-refractivity contribution is 9.10. The van der Waals surface area contributed by atoms with Gasteiger partial charge in [0.1, 0.15) is 5.76 Å². The van der Waals surface area contributed by atoms with E-state index in [1.165, 1.54) is 0 Å². The van der Waals surface area contributed by atoms with Crippen LogP contribution < -0.4 is 11.1 Å². The molecule has 1 rings (SSSR count). The number of amides is 2. The quantitative estimate of drug-likeness (QED) is 0.824. The van der Waals surface area contributed by atoms with Crippen molar-refractivity contribution in [3.05, 3.63) is 22.6 Å². The van der Waals surface area contributed by atoms with Crippen LogP contribution in [0.3, 0.4) is 0 Å². The molecule has 0 aliphatic carbocycles. The van der Waals surface area contributed by atoms with Crippen molar-refractivity contribution in [2.45, 2.75) is 6.42 Å². The van der Waals surface area contributed by atoms with E-state index in [4.69, 9.17) is 10.2 Å². The lowest BCUT2D eigenvalue weighted by Crippen LogP contribution is -2.30. The summed E-state index contributed by atoms with van der Waals surface area (Å²) in [5.41, 5.74) is 4.87. The molecule has 4 nitrogen and oxygen atoms in total. The van der Waals surface area contributed by atoms with Crippen LogP contribution >= 0.6 is 15.9 Å². The van der Waals surface area contributed by atoms with Gasteiger partial charge in [0.2, 0.25) is 0 Å². The summed E-state index contributed by atoms with van der Waals surface area (Å²) in [6.45, 7) is 0.495. The number of rotatable bonds is 3. The molecule has 0 bridgehead atoms. The molecule has 0 spiro atoms. The van der Waals surface area contributed by atoms with Crippen LogP contribution in [0.15, 0.2) is 21.2 Å². The fourth-order valence-electron chi connectivity index (χ4n) is 0.795. The Hall–Kier alpha value is -0.970. The van der Waals surface area contributed by atoms with E-state index in [1.807, 2.05) is 6.07 Å². The summed E-state index contributed by atoms with van der Waals surface area (Å²) in [6.07, 6.45) is 0.647. The lowest BCUT2D eigenvalue weighted by Gasteiger charge is -1.97. The zero-order valence-corrected chi connectivity index (χ0v) is 7.93. The van der Waals surface area contributed by atoms with Crippen LogP contribution in [0.4, 0.5) is 4.79 Å². The van der Waals surface area contributed by atoms with E-state index in [1.54, 1.807) is 6.07 Å². The minimum atomic E-state index is -0.513. The first-order valence-electron chi connectivity index (χ1n) is 3.46. The highest BCUT2D eigenvalue weighted by Crippen LogP contribution is 2.13. The Kier molecular flexibility index (Phi) is 3.16. The lowest BCUT2D eigenvalue weighted by molar-refractivity contribution is 0.249. The monoisotopic (exact) mass is 232 g/mol. The number of carbonyl (C=O) groups is 1. The molecule has 2 amide bonds. The molecule has 3 N–H and O–H groups in total. The summed E-state index contributed by atoms with van der Waals surface area (Å²) in [6, 6.07) is 3.13. The Bertz CT molecular complexity index is 272. The van der Waals surface area contributed by atoms with E-state index in [9.17, 15) is 4.79 Å². The lowest BCUT2D eigenvalue weighted by atomic mass is 10.3. The minimum absolute atomic E-state index is 0.495. The Balaban J connectivity index is 2.29.